The number of ether oxygens (including phenoxy) is 1. The number of nitrogens with zero attached hydrogens (tertiary/aromatic N) is 1. The standard InChI is InChI=1S/C19H21N3O3/c1-14-6-2-3-7-15(14)20-18(23)19(24)21-16-8-4-5-9-17(16)22-10-12-25-13-11-22/h2-9H,10-13H2,1H3,(H,20,23)(H,21,24). The molecular formula is C19H21N3O3. The number of aryl methyl sites for hydroxylation is 1. The molecule has 0 spiro atoms. The van der Waals surface area contributed by atoms with E-state index in [1.165, 1.54) is 0 Å². The lowest BCUT2D eigenvalue weighted by molar-refractivity contribution is -0.132. The van der Waals surface area contributed by atoms with Gasteiger partial charge in [-0.15, -0.1) is 0 Å². The fourth-order valence-electron chi connectivity index (χ4n) is 2.73. The molecule has 25 heavy (non-hydrogen) atoms. The molecule has 0 saturated carbocycles. The predicted molar refractivity (Wildman–Crippen MR) is 97.9 cm³/mol. The average molecular weight is 339 g/mol. The molecule has 1 saturated heterocycles. The van der Waals surface area contributed by atoms with E-state index < -0.39 is 11.8 Å². The van der Waals surface area contributed by atoms with Crippen molar-refractivity contribution in [3.05, 3.63) is 54.1 Å². The largest absolute Gasteiger partial charge is 0.378 e. The van der Waals surface area contributed by atoms with Crippen molar-refractivity contribution in [2.75, 3.05) is 41.8 Å². The van der Waals surface area contributed by atoms with E-state index in [1.807, 2.05) is 43.3 Å². The first-order valence-corrected chi connectivity index (χ1v) is 8.25. The first-order valence-electron chi connectivity index (χ1n) is 8.25. The second-order valence-electron chi connectivity index (χ2n) is 5.84. The number of carbonyl (C=O) groups is 2. The van der Waals surface area contributed by atoms with Crippen LogP contribution >= 0.6 is 0 Å². The molecule has 130 valence electrons. The van der Waals surface area contributed by atoms with Crippen molar-refractivity contribution >= 4 is 28.9 Å². The Morgan fingerprint density at radius 2 is 1.44 bits per heavy atom. The summed E-state index contributed by atoms with van der Waals surface area (Å²) in [6.07, 6.45) is 0. The van der Waals surface area contributed by atoms with Gasteiger partial charge in [0.05, 0.1) is 24.6 Å². The topological polar surface area (TPSA) is 70.7 Å². The normalized spacial score (nSPS) is 14.0. The summed E-state index contributed by atoms with van der Waals surface area (Å²) in [4.78, 5) is 26.6. The summed E-state index contributed by atoms with van der Waals surface area (Å²) in [5, 5.41) is 5.36. The predicted octanol–water partition coefficient (Wildman–Crippen LogP) is 2.41. The summed E-state index contributed by atoms with van der Waals surface area (Å²) in [5.41, 5.74) is 3.04. The number of para-hydroxylation sites is 3. The highest BCUT2D eigenvalue weighted by Crippen LogP contribution is 2.26. The number of carbonyl (C=O) groups excluding carboxylic acids is 2. The van der Waals surface area contributed by atoms with Gasteiger partial charge in [0.15, 0.2) is 0 Å². The van der Waals surface area contributed by atoms with Gasteiger partial charge >= 0.3 is 11.8 Å². The molecule has 6 heteroatoms. The molecule has 0 unspecified atom stereocenters. The van der Waals surface area contributed by atoms with Crippen LogP contribution in [-0.2, 0) is 14.3 Å². The lowest BCUT2D eigenvalue weighted by Gasteiger charge is -2.30. The maximum Gasteiger partial charge on any atom is 0.314 e. The number of hydrogen-bond donors (Lipinski definition) is 2. The van der Waals surface area contributed by atoms with Gasteiger partial charge in [0.1, 0.15) is 0 Å². The molecule has 3 rings (SSSR count). The summed E-state index contributed by atoms with van der Waals surface area (Å²) in [7, 11) is 0. The molecule has 0 aliphatic carbocycles. The summed E-state index contributed by atoms with van der Waals surface area (Å²) in [5.74, 6) is -1.38. The van der Waals surface area contributed by atoms with Gasteiger partial charge in [-0.3, -0.25) is 9.59 Å². The lowest BCUT2D eigenvalue weighted by atomic mass is 10.2. The molecular weight excluding hydrogens is 318 g/mol. The Kier molecular flexibility index (Phi) is 5.30. The molecule has 0 radical (unpaired) electrons. The maximum atomic E-state index is 12.3. The zero-order valence-corrected chi connectivity index (χ0v) is 14.1. The second kappa shape index (κ2) is 7.81. The van der Waals surface area contributed by atoms with E-state index in [1.54, 1.807) is 12.1 Å². The van der Waals surface area contributed by atoms with Crippen LogP contribution in [0, 0.1) is 6.92 Å². The van der Waals surface area contributed by atoms with E-state index in [0.717, 1.165) is 24.3 Å². The number of morpholine rings is 1. The molecule has 1 aliphatic rings. The highest BCUT2D eigenvalue weighted by molar-refractivity contribution is 6.44. The van der Waals surface area contributed by atoms with Gasteiger partial charge in [0.2, 0.25) is 0 Å². The van der Waals surface area contributed by atoms with E-state index in [9.17, 15) is 9.59 Å². The first-order chi connectivity index (χ1) is 12.1. The van der Waals surface area contributed by atoms with Crippen molar-refractivity contribution in [1.29, 1.82) is 0 Å². The average Bonchev–Trinajstić information content (AvgIpc) is 2.64. The van der Waals surface area contributed by atoms with Gasteiger partial charge in [0.25, 0.3) is 0 Å². The van der Waals surface area contributed by atoms with E-state index in [4.69, 9.17) is 4.74 Å². The smallest absolute Gasteiger partial charge is 0.314 e. The van der Waals surface area contributed by atoms with Crippen molar-refractivity contribution in [2.24, 2.45) is 0 Å². The van der Waals surface area contributed by atoms with Crippen LogP contribution in [-0.4, -0.2) is 38.1 Å². The van der Waals surface area contributed by atoms with Crippen LogP contribution in [0.25, 0.3) is 0 Å². The van der Waals surface area contributed by atoms with Gasteiger partial charge in [0, 0.05) is 18.8 Å². The second-order valence-corrected chi connectivity index (χ2v) is 5.84. The van der Waals surface area contributed by atoms with E-state index in [2.05, 4.69) is 15.5 Å². The molecule has 0 aromatic heterocycles. The molecule has 1 heterocycles. The zero-order chi connectivity index (χ0) is 17.6. The Morgan fingerprint density at radius 1 is 0.880 bits per heavy atom. The van der Waals surface area contributed by atoms with Gasteiger partial charge in [-0.05, 0) is 30.7 Å². The first kappa shape index (κ1) is 17.0. The van der Waals surface area contributed by atoms with E-state index >= 15 is 0 Å². The molecule has 6 nitrogen and oxygen atoms in total. The Balaban J connectivity index is 1.70. The molecule has 2 aromatic rings. The van der Waals surface area contributed by atoms with Crippen LogP contribution in [0.15, 0.2) is 48.5 Å². The van der Waals surface area contributed by atoms with Crippen LogP contribution in [0.2, 0.25) is 0 Å². The minimum atomic E-state index is -0.691. The SMILES string of the molecule is Cc1ccccc1NC(=O)C(=O)Nc1ccccc1N1CCOCC1. The quantitative estimate of drug-likeness (QED) is 0.843. The molecule has 1 fully saturated rings. The Morgan fingerprint density at radius 3 is 2.12 bits per heavy atom. The monoisotopic (exact) mass is 339 g/mol. The Hall–Kier alpha value is -2.86. The van der Waals surface area contributed by atoms with Crippen molar-refractivity contribution in [1.82, 2.24) is 0 Å². The molecule has 0 atom stereocenters. The number of anilines is 3. The summed E-state index contributed by atoms with van der Waals surface area (Å²) >= 11 is 0. The molecule has 2 N–H and O–H groups in total. The van der Waals surface area contributed by atoms with Crippen LogP contribution in [0.5, 0.6) is 0 Å². The van der Waals surface area contributed by atoms with Gasteiger partial charge in [-0.1, -0.05) is 30.3 Å². The fourth-order valence-corrected chi connectivity index (χ4v) is 2.73. The molecule has 2 aromatic carbocycles. The van der Waals surface area contributed by atoms with Crippen LogP contribution in [0.3, 0.4) is 0 Å². The van der Waals surface area contributed by atoms with E-state index in [-0.39, 0.29) is 0 Å². The number of nitrogens with one attached hydrogen (secondary N) is 2. The number of rotatable bonds is 3. The lowest BCUT2D eigenvalue weighted by Crippen LogP contribution is -2.37. The van der Waals surface area contributed by atoms with Gasteiger partial charge in [-0.25, -0.2) is 0 Å². The molecule has 2 amide bonds. The zero-order valence-electron chi connectivity index (χ0n) is 14.1. The minimum absolute atomic E-state index is 0.620. The van der Waals surface area contributed by atoms with E-state index in [0.29, 0.717) is 24.6 Å². The highest BCUT2D eigenvalue weighted by atomic mass is 16.5. The maximum absolute atomic E-state index is 12.3. The highest BCUT2D eigenvalue weighted by Gasteiger charge is 2.19. The van der Waals surface area contributed by atoms with Gasteiger partial charge < -0.3 is 20.3 Å². The Labute approximate surface area is 146 Å². The van der Waals surface area contributed by atoms with Gasteiger partial charge in [-0.2, -0.15) is 0 Å². The number of amides is 2. The third-order valence-electron chi connectivity index (χ3n) is 4.10. The Bertz CT molecular complexity index is 770. The number of benzene rings is 2. The van der Waals surface area contributed by atoms with Crippen molar-refractivity contribution < 1.29 is 14.3 Å². The summed E-state index contributed by atoms with van der Waals surface area (Å²) in [6, 6.07) is 14.8. The van der Waals surface area contributed by atoms with Crippen molar-refractivity contribution in [3.63, 3.8) is 0 Å². The molecule has 0 bridgehead atoms. The van der Waals surface area contributed by atoms with Crippen molar-refractivity contribution in [3.8, 4) is 0 Å². The summed E-state index contributed by atoms with van der Waals surface area (Å²) < 4.78 is 5.36. The van der Waals surface area contributed by atoms with Crippen molar-refractivity contribution in [2.45, 2.75) is 6.92 Å². The minimum Gasteiger partial charge on any atom is -0.378 e. The van der Waals surface area contributed by atoms with Crippen LogP contribution in [0.4, 0.5) is 17.1 Å². The third-order valence-corrected chi connectivity index (χ3v) is 4.10. The van der Waals surface area contributed by atoms with Crippen LogP contribution < -0.4 is 15.5 Å². The molecule has 1 aliphatic heterocycles. The summed E-state index contributed by atoms with van der Waals surface area (Å²) in [6.45, 7) is 4.68. The fraction of sp³-hybridized carbons (Fsp3) is 0.263. The van der Waals surface area contributed by atoms with Crippen LogP contribution in [0.1, 0.15) is 5.56 Å². The third kappa shape index (κ3) is 4.16. The number of hydrogen-bond acceptors (Lipinski definition) is 4.